The molecule has 104 valence electrons. The van der Waals surface area contributed by atoms with Crippen LogP contribution < -0.4 is 5.32 Å². The zero-order chi connectivity index (χ0) is 14.3. The summed E-state index contributed by atoms with van der Waals surface area (Å²) < 4.78 is 18.3. The molecule has 1 aromatic rings. The van der Waals surface area contributed by atoms with Gasteiger partial charge >= 0.3 is 5.97 Å². The Morgan fingerprint density at radius 1 is 1.42 bits per heavy atom. The third-order valence-electron chi connectivity index (χ3n) is 2.14. The number of rotatable bonds is 7. The number of hydrogen-bond acceptors (Lipinski definition) is 3. The van der Waals surface area contributed by atoms with Crippen molar-refractivity contribution in [2.45, 2.75) is 6.42 Å². The van der Waals surface area contributed by atoms with Gasteiger partial charge in [0.1, 0.15) is 12.4 Å². The second-order valence-electron chi connectivity index (χ2n) is 3.72. The molecule has 0 saturated carbocycles. The molecule has 5 nitrogen and oxygen atoms in total. The number of carboxylic acids is 1. The molecule has 0 fully saturated rings. The molecule has 0 aliphatic rings. The summed E-state index contributed by atoms with van der Waals surface area (Å²) in [6, 6.07) is 4.46. The van der Waals surface area contributed by atoms with Gasteiger partial charge in [-0.05, 0) is 33.6 Å². The maximum Gasteiger partial charge on any atom is 0.329 e. The van der Waals surface area contributed by atoms with Crippen LogP contribution >= 0.6 is 15.9 Å². The van der Waals surface area contributed by atoms with E-state index in [0.717, 1.165) is 0 Å². The molecule has 0 bridgehead atoms. The number of carboxylic acid groups (broad SMARTS) is 1. The van der Waals surface area contributed by atoms with Crippen molar-refractivity contribution in [3.05, 3.63) is 34.1 Å². The van der Waals surface area contributed by atoms with Gasteiger partial charge in [0.15, 0.2) is 0 Å². The predicted molar refractivity (Wildman–Crippen MR) is 69.3 cm³/mol. The molecule has 0 aliphatic heterocycles. The lowest BCUT2D eigenvalue weighted by Crippen LogP contribution is -2.29. The van der Waals surface area contributed by atoms with Gasteiger partial charge in [-0.2, -0.15) is 0 Å². The van der Waals surface area contributed by atoms with Gasteiger partial charge in [0.25, 0.3) is 0 Å². The van der Waals surface area contributed by atoms with Crippen molar-refractivity contribution < 1.29 is 23.8 Å². The van der Waals surface area contributed by atoms with Crippen molar-refractivity contribution in [1.82, 2.24) is 5.32 Å². The summed E-state index contributed by atoms with van der Waals surface area (Å²) in [5.74, 6) is -1.76. The number of aliphatic carboxylic acids is 1. The average Bonchev–Trinajstić information content (AvgIpc) is 2.33. The van der Waals surface area contributed by atoms with E-state index in [2.05, 4.69) is 21.2 Å². The van der Waals surface area contributed by atoms with Crippen LogP contribution in [-0.4, -0.2) is 36.7 Å². The van der Waals surface area contributed by atoms with Gasteiger partial charge in [0.2, 0.25) is 5.91 Å². The van der Waals surface area contributed by atoms with Crippen molar-refractivity contribution in [2.75, 3.05) is 19.8 Å². The number of ether oxygens (including phenoxy) is 1. The molecule has 0 atom stereocenters. The lowest BCUT2D eigenvalue weighted by Gasteiger charge is -2.06. The van der Waals surface area contributed by atoms with Gasteiger partial charge in [-0.25, -0.2) is 9.18 Å². The maximum atomic E-state index is 13.2. The third-order valence-corrected chi connectivity index (χ3v) is 2.79. The second kappa shape index (κ2) is 7.85. The van der Waals surface area contributed by atoms with E-state index in [-0.39, 0.29) is 25.5 Å². The van der Waals surface area contributed by atoms with E-state index in [1.54, 1.807) is 6.07 Å². The van der Waals surface area contributed by atoms with Crippen LogP contribution in [-0.2, 0) is 20.7 Å². The van der Waals surface area contributed by atoms with Gasteiger partial charge in [-0.15, -0.1) is 0 Å². The smallest absolute Gasteiger partial charge is 0.329 e. The minimum Gasteiger partial charge on any atom is -0.480 e. The number of carbonyl (C=O) groups is 2. The molecular weight excluding hydrogens is 321 g/mol. The van der Waals surface area contributed by atoms with E-state index in [1.807, 2.05) is 0 Å². The number of nitrogens with one attached hydrogen (secondary N) is 1. The van der Waals surface area contributed by atoms with E-state index >= 15 is 0 Å². The normalized spacial score (nSPS) is 10.2. The van der Waals surface area contributed by atoms with Crippen LogP contribution in [0, 0.1) is 5.82 Å². The highest BCUT2D eigenvalue weighted by molar-refractivity contribution is 9.10. The molecule has 1 aromatic carbocycles. The molecule has 0 spiro atoms. The fourth-order valence-electron chi connectivity index (χ4n) is 1.32. The molecule has 1 amide bonds. The van der Waals surface area contributed by atoms with Gasteiger partial charge < -0.3 is 15.2 Å². The third kappa shape index (κ3) is 6.30. The summed E-state index contributed by atoms with van der Waals surface area (Å²) in [6.07, 6.45) is 0.0587. The fourth-order valence-corrected chi connectivity index (χ4v) is 1.57. The summed E-state index contributed by atoms with van der Waals surface area (Å²) in [5.41, 5.74) is 0.560. The predicted octanol–water partition coefficient (Wildman–Crippen LogP) is 1.35. The van der Waals surface area contributed by atoms with Gasteiger partial charge in [-0.3, -0.25) is 4.79 Å². The highest BCUT2D eigenvalue weighted by Gasteiger charge is 2.06. The molecule has 7 heteroatoms. The Morgan fingerprint density at radius 3 is 2.79 bits per heavy atom. The lowest BCUT2D eigenvalue weighted by molar-refractivity contribution is -0.142. The summed E-state index contributed by atoms with van der Waals surface area (Å²) in [5, 5.41) is 10.9. The first-order chi connectivity index (χ1) is 8.99. The van der Waals surface area contributed by atoms with Crippen LogP contribution in [0.2, 0.25) is 0 Å². The number of amides is 1. The van der Waals surface area contributed by atoms with E-state index in [0.29, 0.717) is 10.0 Å². The average molecular weight is 334 g/mol. The number of carbonyl (C=O) groups excluding carboxylic acids is 1. The molecule has 0 unspecified atom stereocenters. The van der Waals surface area contributed by atoms with Crippen LogP contribution in [0.3, 0.4) is 0 Å². The molecular formula is C12H13BrFNO4. The minimum absolute atomic E-state index is 0.0587. The molecule has 0 radical (unpaired) electrons. The Kier molecular flexibility index (Phi) is 6.44. The largest absolute Gasteiger partial charge is 0.480 e. The van der Waals surface area contributed by atoms with Crippen LogP contribution in [0.15, 0.2) is 22.7 Å². The highest BCUT2D eigenvalue weighted by Crippen LogP contribution is 2.16. The van der Waals surface area contributed by atoms with E-state index in [4.69, 9.17) is 9.84 Å². The minimum atomic E-state index is -1.06. The summed E-state index contributed by atoms with van der Waals surface area (Å²) >= 11 is 3.03. The van der Waals surface area contributed by atoms with Gasteiger partial charge in [0, 0.05) is 6.54 Å². The van der Waals surface area contributed by atoms with Gasteiger partial charge in [0.05, 0.1) is 17.5 Å². The van der Waals surface area contributed by atoms with Crippen molar-refractivity contribution in [2.24, 2.45) is 0 Å². The molecule has 0 aliphatic carbocycles. The SMILES string of the molecule is O=C(O)COCCNC(=O)Cc1ccc(Br)c(F)c1. The van der Waals surface area contributed by atoms with Crippen molar-refractivity contribution in [3.63, 3.8) is 0 Å². The molecule has 0 aromatic heterocycles. The van der Waals surface area contributed by atoms with E-state index < -0.39 is 18.4 Å². The Hall–Kier alpha value is -1.47. The first kappa shape index (κ1) is 15.6. The maximum absolute atomic E-state index is 13.2. The first-order valence-corrected chi connectivity index (χ1v) is 6.28. The fraction of sp³-hybridized carbons (Fsp3) is 0.333. The Morgan fingerprint density at radius 2 is 2.16 bits per heavy atom. The first-order valence-electron chi connectivity index (χ1n) is 5.49. The van der Waals surface area contributed by atoms with Crippen LogP contribution in [0.5, 0.6) is 0 Å². The van der Waals surface area contributed by atoms with E-state index in [9.17, 15) is 14.0 Å². The zero-order valence-electron chi connectivity index (χ0n) is 9.99. The van der Waals surface area contributed by atoms with Crippen molar-refractivity contribution in [3.8, 4) is 0 Å². The summed E-state index contributed by atoms with van der Waals surface area (Å²) in [4.78, 5) is 21.6. The molecule has 1 rings (SSSR count). The lowest BCUT2D eigenvalue weighted by atomic mass is 10.1. The second-order valence-corrected chi connectivity index (χ2v) is 4.58. The highest BCUT2D eigenvalue weighted by atomic mass is 79.9. The molecule has 2 N–H and O–H groups in total. The Labute approximate surface area is 117 Å². The van der Waals surface area contributed by atoms with E-state index in [1.165, 1.54) is 12.1 Å². The standard InChI is InChI=1S/C12H13BrFNO4/c13-9-2-1-8(5-10(9)14)6-11(16)15-3-4-19-7-12(17)18/h1-2,5H,3-4,6-7H2,(H,15,16)(H,17,18). The van der Waals surface area contributed by atoms with Crippen LogP contribution in [0.1, 0.15) is 5.56 Å². The molecule has 0 heterocycles. The molecule has 0 saturated heterocycles. The monoisotopic (exact) mass is 333 g/mol. The summed E-state index contributed by atoms with van der Waals surface area (Å²) in [6.45, 7) is -0.0638. The van der Waals surface area contributed by atoms with Crippen LogP contribution in [0.4, 0.5) is 4.39 Å². The Balaban J connectivity index is 2.27. The number of benzene rings is 1. The van der Waals surface area contributed by atoms with Gasteiger partial charge in [-0.1, -0.05) is 6.07 Å². The summed E-state index contributed by atoms with van der Waals surface area (Å²) in [7, 11) is 0. The Bertz CT molecular complexity index is 467. The van der Waals surface area contributed by atoms with Crippen molar-refractivity contribution >= 4 is 27.8 Å². The molecule has 19 heavy (non-hydrogen) atoms. The number of halogens is 2. The van der Waals surface area contributed by atoms with Crippen molar-refractivity contribution in [1.29, 1.82) is 0 Å². The zero-order valence-corrected chi connectivity index (χ0v) is 11.6. The topological polar surface area (TPSA) is 75.6 Å². The van der Waals surface area contributed by atoms with Crippen LogP contribution in [0.25, 0.3) is 0 Å². The number of hydrogen-bond donors (Lipinski definition) is 2. The quantitative estimate of drug-likeness (QED) is 0.738.